The van der Waals surface area contributed by atoms with E-state index in [0.717, 1.165) is 28.7 Å². The maximum absolute atomic E-state index is 13.6. The molecule has 1 aromatic heterocycles. The number of hydrogen-bond donors (Lipinski definition) is 2. The molecule has 1 aliphatic rings. The van der Waals surface area contributed by atoms with Crippen LogP contribution in [-0.4, -0.2) is 65.8 Å². The average Bonchev–Trinajstić information content (AvgIpc) is 3.24. The van der Waals surface area contributed by atoms with Crippen molar-refractivity contribution < 1.29 is 23.5 Å². The van der Waals surface area contributed by atoms with Crippen molar-refractivity contribution in [2.45, 2.75) is 45.7 Å². The summed E-state index contributed by atoms with van der Waals surface area (Å²) in [6, 6.07) is 15.9. The van der Waals surface area contributed by atoms with E-state index in [4.69, 9.17) is 9.15 Å². The van der Waals surface area contributed by atoms with Crippen molar-refractivity contribution in [2.75, 3.05) is 31.6 Å². The van der Waals surface area contributed by atoms with E-state index in [0.29, 0.717) is 25.1 Å². The van der Waals surface area contributed by atoms with Crippen molar-refractivity contribution in [3.05, 3.63) is 65.9 Å². The molecule has 214 valence electrons. The Kier molecular flexibility index (Phi) is 9.94. The van der Waals surface area contributed by atoms with Crippen LogP contribution in [0.2, 0.25) is 0 Å². The predicted molar refractivity (Wildman–Crippen MR) is 153 cm³/mol. The molecule has 1 atom stereocenters. The van der Waals surface area contributed by atoms with Crippen LogP contribution in [0.1, 0.15) is 37.5 Å². The third kappa shape index (κ3) is 8.08. The Morgan fingerprint density at radius 2 is 2.00 bits per heavy atom. The third-order valence-corrected chi connectivity index (χ3v) is 6.63. The second-order valence-electron chi connectivity index (χ2n) is 9.76. The number of carbonyl (C=O) groups excluding carboxylic acids is 3. The molecule has 11 heteroatoms. The van der Waals surface area contributed by atoms with E-state index in [-0.39, 0.29) is 44.0 Å². The van der Waals surface area contributed by atoms with Gasteiger partial charge in [0.15, 0.2) is 6.19 Å². The summed E-state index contributed by atoms with van der Waals surface area (Å²) in [7, 11) is 0. The lowest BCUT2D eigenvalue weighted by Gasteiger charge is -2.27. The molecule has 1 fully saturated rings. The lowest BCUT2D eigenvalue weighted by atomic mass is 10.1. The van der Waals surface area contributed by atoms with Gasteiger partial charge in [-0.2, -0.15) is 5.26 Å². The van der Waals surface area contributed by atoms with Crippen LogP contribution in [0.3, 0.4) is 0 Å². The van der Waals surface area contributed by atoms with Gasteiger partial charge in [-0.3, -0.25) is 19.7 Å². The second-order valence-corrected chi connectivity index (χ2v) is 9.76. The molecule has 0 saturated carbocycles. The molecule has 41 heavy (non-hydrogen) atoms. The molecule has 0 spiro atoms. The van der Waals surface area contributed by atoms with E-state index < -0.39 is 12.0 Å². The van der Waals surface area contributed by atoms with Crippen LogP contribution < -0.4 is 10.6 Å². The zero-order valence-electron chi connectivity index (χ0n) is 23.3. The minimum absolute atomic E-state index is 0.131. The fourth-order valence-corrected chi connectivity index (χ4v) is 4.72. The van der Waals surface area contributed by atoms with E-state index in [2.05, 4.69) is 15.6 Å². The van der Waals surface area contributed by atoms with Crippen molar-refractivity contribution in [1.82, 2.24) is 15.1 Å². The summed E-state index contributed by atoms with van der Waals surface area (Å²) in [5, 5.41) is 15.8. The molecule has 3 aromatic rings. The number of benzene rings is 2. The summed E-state index contributed by atoms with van der Waals surface area (Å²) in [6.45, 7) is 3.97. The minimum Gasteiger partial charge on any atom is -0.465 e. The van der Waals surface area contributed by atoms with Gasteiger partial charge < -0.3 is 24.3 Å². The molecule has 2 aromatic carbocycles. The number of amides is 2. The number of likely N-dealkylation sites (tertiary alicyclic amines) is 1. The zero-order chi connectivity index (χ0) is 29.2. The molecule has 2 heterocycles. The van der Waals surface area contributed by atoms with Crippen LogP contribution >= 0.6 is 0 Å². The van der Waals surface area contributed by atoms with Gasteiger partial charge >= 0.3 is 5.97 Å². The molecule has 1 saturated heterocycles. The Hall–Kier alpha value is -4.85. The van der Waals surface area contributed by atoms with Gasteiger partial charge in [0.05, 0.1) is 13.2 Å². The fourth-order valence-electron chi connectivity index (χ4n) is 4.72. The highest BCUT2D eigenvalue weighted by atomic mass is 16.5. The summed E-state index contributed by atoms with van der Waals surface area (Å²) >= 11 is 0. The van der Waals surface area contributed by atoms with Gasteiger partial charge in [-0.05, 0) is 62.9 Å². The number of nitrogens with one attached hydrogen (secondary N) is 2. The number of fused-ring (bicyclic) bond motifs is 1. The topological polar surface area (TPSA) is 140 Å². The minimum atomic E-state index is -0.791. The number of nitriles is 1. The first-order valence-corrected chi connectivity index (χ1v) is 13.6. The summed E-state index contributed by atoms with van der Waals surface area (Å²) in [5.74, 6) is -0.275. The molecule has 0 radical (unpaired) electrons. The number of aliphatic imine (C=N–C) groups is 1. The highest BCUT2D eigenvalue weighted by Crippen LogP contribution is 2.23. The predicted octanol–water partition coefficient (Wildman–Crippen LogP) is 3.55. The molecule has 2 amide bonds. The monoisotopic (exact) mass is 558 g/mol. The summed E-state index contributed by atoms with van der Waals surface area (Å²) in [5.41, 5.74) is 2.27. The van der Waals surface area contributed by atoms with E-state index in [1.807, 2.05) is 61.6 Å². The summed E-state index contributed by atoms with van der Waals surface area (Å²) in [6.07, 6.45) is 3.76. The Bertz CT molecular complexity index is 1440. The van der Waals surface area contributed by atoms with E-state index >= 15 is 0 Å². The number of ether oxygens (including phenoxy) is 1. The van der Waals surface area contributed by atoms with E-state index in [1.165, 1.54) is 9.80 Å². The second kappa shape index (κ2) is 14.0. The molecule has 0 aliphatic carbocycles. The maximum Gasteiger partial charge on any atom is 0.325 e. The quantitative estimate of drug-likeness (QED) is 0.134. The number of furan rings is 1. The molecular weight excluding hydrogens is 524 g/mol. The largest absolute Gasteiger partial charge is 0.465 e. The number of rotatable bonds is 9. The van der Waals surface area contributed by atoms with Crippen LogP contribution in [0.5, 0.6) is 0 Å². The van der Waals surface area contributed by atoms with Gasteiger partial charge in [0, 0.05) is 24.2 Å². The van der Waals surface area contributed by atoms with Crippen molar-refractivity contribution in [3.8, 4) is 6.19 Å². The molecule has 1 aliphatic heterocycles. The Balaban J connectivity index is 1.49. The van der Waals surface area contributed by atoms with Crippen molar-refractivity contribution in [1.29, 1.82) is 5.26 Å². The van der Waals surface area contributed by atoms with Gasteiger partial charge in [-0.15, -0.1) is 0 Å². The maximum atomic E-state index is 13.6. The first-order chi connectivity index (χ1) is 19.9. The SMILES string of the molecule is CCOC(=O)CN(Cc1ccccc1)C(=O)CN1CCCCC(N=C(NC#N)Nc2ccc3oc(C)cc3c2)C1=O. The normalized spacial score (nSPS) is 15.6. The summed E-state index contributed by atoms with van der Waals surface area (Å²) < 4.78 is 10.7. The Morgan fingerprint density at radius 3 is 2.76 bits per heavy atom. The molecular formula is C30H34N6O5. The lowest BCUT2D eigenvalue weighted by molar-refractivity contribution is -0.150. The first kappa shape index (κ1) is 29.1. The van der Waals surface area contributed by atoms with E-state index in [9.17, 15) is 19.6 Å². The molecule has 11 nitrogen and oxygen atoms in total. The van der Waals surface area contributed by atoms with Gasteiger partial charge in [0.2, 0.25) is 17.8 Å². The van der Waals surface area contributed by atoms with Crippen LogP contribution in [0.15, 0.2) is 64.0 Å². The lowest BCUT2D eigenvalue weighted by Crippen LogP contribution is -2.47. The smallest absolute Gasteiger partial charge is 0.325 e. The summed E-state index contributed by atoms with van der Waals surface area (Å²) in [4.78, 5) is 46.7. The molecule has 2 N–H and O–H groups in total. The van der Waals surface area contributed by atoms with Crippen LogP contribution in [-0.2, 0) is 25.7 Å². The van der Waals surface area contributed by atoms with Crippen LogP contribution in [0.4, 0.5) is 5.69 Å². The molecule has 4 rings (SSSR count). The van der Waals surface area contributed by atoms with Gasteiger partial charge in [0.25, 0.3) is 0 Å². The van der Waals surface area contributed by atoms with Crippen molar-refractivity contribution in [2.24, 2.45) is 4.99 Å². The fraction of sp³-hybridized carbons (Fsp3) is 0.367. The van der Waals surface area contributed by atoms with Gasteiger partial charge in [-0.25, -0.2) is 4.99 Å². The van der Waals surface area contributed by atoms with Crippen LogP contribution in [0.25, 0.3) is 11.0 Å². The van der Waals surface area contributed by atoms with Crippen molar-refractivity contribution in [3.63, 3.8) is 0 Å². The molecule has 0 bridgehead atoms. The number of aryl methyl sites for hydroxylation is 1. The first-order valence-electron chi connectivity index (χ1n) is 13.6. The Morgan fingerprint density at radius 1 is 1.20 bits per heavy atom. The number of guanidine groups is 1. The average molecular weight is 559 g/mol. The number of carbonyl (C=O) groups is 3. The van der Waals surface area contributed by atoms with Gasteiger partial charge in [0.1, 0.15) is 23.9 Å². The standard InChI is InChI=1S/C30H34N6O5/c1-3-40-28(38)19-36(17-22-9-5-4-6-10-22)27(37)18-35-14-8-7-11-25(29(35)39)34-30(32-20-31)33-24-12-13-26-23(16-24)15-21(2)41-26/h4-6,9-10,12-13,15-16,25H,3,7-8,11,14,17-19H2,1-2H3,(H2,32,33,34). The third-order valence-electron chi connectivity index (χ3n) is 6.63. The van der Waals surface area contributed by atoms with Crippen LogP contribution in [0, 0.1) is 18.4 Å². The number of esters is 1. The highest BCUT2D eigenvalue weighted by Gasteiger charge is 2.30. The van der Waals surface area contributed by atoms with E-state index in [1.54, 1.807) is 13.0 Å². The van der Waals surface area contributed by atoms with Crippen molar-refractivity contribution >= 4 is 40.4 Å². The number of hydrogen-bond acceptors (Lipinski definition) is 7. The number of anilines is 1. The van der Waals surface area contributed by atoms with Gasteiger partial charge in [-0.1, -0.05) is 30.3 Å². The number of nitrogens with zero attached hydrogens (tertiary/aromatic N) is 4. The zero-order valence-corrected chi connectivity index (χ0v) is 23.3. The Labute approximate surface area is 238 Å². The molecule has 1 unspecified atom stereocenters. The highest BCUT2D eigenvalue weighted by molar-refractivity contribution is 5.98.